The maximum atomic E-state index is 13.4. The van der Waals surface area contributed by atoms with Gasteiger partial charge in [-0.25, -0.2) is 0 Å². The van der Waals surface area contributed by atoms with Crippen LogP contribution in [0.15, 0.2) is 60.7 Å². The van der Waals surface area contributed by atoms with E-state index in [9.17, 15) is 14.4 Å². The minimum Gasteiger partial charge on any atom is -0.339 e. The van der Waals surface area contributed by atoms with Gasteiger partial charge in [-0.1, -0.05) is 73.5 Å². The molecule has 2 unspecified atom stereocenters. The summed E-state index contributed by atoms with van der Waals surface area (Å²) in [4.78, 5) is 43.4. The Labute approximate surface area is 195 Å². The number of fused-ring (bicyclic) bond motifs is 1. The first-order valence-electron chi connectivity index (χ1n) is 12.2. The van der Waals surface area contributed by atoms with Crippen LogP contribution in [-0.2, 0) is 14.4 Å². The van der Waals surface area contributed by atoms with Gasteiger partial charge in [0.25, 0.3) is 11.8 Å². The van der Waals surface area contributed by atoms with Gasteiger partial charge in [-0.15, -0.1) is 0 Å². The molecule has 0 aromatic heterocycles. The summed E-state index contributed by atoms with van der Waals surface area (Å²) < 4.78 is 0. The molecule has 2 atom stereocenters. The Morgan fingerprint density at radius 2 is 1.30 bits per heavy atom. The molecule has 2 aromatic rings. The molecule has 2 aromatic carbocycles. The highest BCUT2D eigenvalue weighted by Crippen LogP contribution is 2.37. The molecule has 0 spiro atoms. The molecule has 5 heteroatoms. The fourth-order valence-electron chi connectivity index (χ4n) is 5.81. The number of benzene rings is 2. The summed E-state index contributed by atoms with van der Waals surface area (Å²) in [6.07, 6.45) is 7.17. The zero-order chi connectivity index (χ0) is 22.8. The molecule has 170 valence electrons. The Morgan fingerprint density at radius 1 is 0.758 bits per heavy atom. The van der Waals surface area contributed by atoms with Crippen molar-refractivity contribution in [3.8, 4) is 0 Å². The lowest BCUT2D eigenvalue weighted by atomic mass is 9.78. The molecule has 3 aliphatic rings. The number of amides is 3. The molecule has 1 aliphatic carbocycles. The average Bonchev–Trinajstić information content (AvgIpc) is 3.12. The van der Waals surface area contributed by atoms with E-state index in [4.69, 9.17) is 0 Å². The monoisotopic (exact) mass is 442 g/mol. The Bertz CT molecular complexity index is 1010. The highest BCUT2D eigenvalue weighted by Gasteiger charge is 2.40. The Balaban J connectivity index is 1.36. The van der Waals surface area contributed by atoms with Crippen molar-refractivity contribution in [3.63, 3.8) is 0 Å². The lowest BCUT2D eigenvalue weighted by molar-refractivity contribution is -0.140. The minimum absolute atomic E-state index is 0.0709. The second-order valence-corrected chi connectivity index (χ2v) is 9.34. The third-order valence-electron chi connectivity index (χ3n) is 7.41. The maximum absolute atomic E-state index is 13.4. The molecule has 1 saturated heterocycles. The highest BCUT2D eigenvalue weighted by molar-refractivity contribution is 6.49. The first kappa shape index (κ1) is 21.6. The third-order valence-corrected chi connectivity index (χ3v) is 7.41. The van der Waals surface area contributed by atoms with Gasteiger partial charge >= 0.3 is 0 Å². The quantitative estimate of drug-likeness (QED) is 0.639. The average molecular weight is 443 g/mol. The number of carbonyl (C=O) groups is 3. The van der Waals surface area contributed by atoms with E-state index in [0.29, 0.717) is 23.1 Å². The summed E-state index contributed by atoms with van der Waals surface area (Å²) in [7, 11) is 0. The molecule has 2 aliphatic heterocycles. The van der Waals surface area contributed by atoms with E-state index in [0.717, 1.165) is 30.5 Å². The zero-order valence-electron chi connectivity index (χ0n) is 18.9. The molecule has 2 fully saturated rings. The van der Waals surface area contributed by atoms with Gasteiger partial charge in [-0.05, 0) is 42.7 Å². The number of likely N-dealkylation sites (tertiary alicyclic amines) is 1. The van der Waals surface area contributed by atoms with Crippen LogP contribution in [-0.4, -0.2) is 46.7 Å². The van der Waals surface area contributed by atoms with Gasteiger partial charge in [-0.2, -0.15) is 0 Å². The molecule has 5 rings (SSSR count). The van der Waals surface area contributed by atoms with Crippen molar-refractivity contribution in [1.29, 1.82) is 0 Å². The number of hydrogen-bond acceptors (Lipinski definition) is 3. The van der Waals surface area contributed by atoms with Gasteiger partial charge < -0.3 is 4.90 Å². The third kappa shape index (κ3) is 4.12. The van der Waals surface area contributed by atoms with Crippen molar-refractivity contribution in [3.05, 3.63) is 71.8 Å². The fraction of sp³-hybridized carbons (Fsp3) is 0.393. The van der Waals surface area contributed by atoms with E-state index in [1.807, 2.05) is 65.6 Å². The highest BCUT2D eigenvalue weighted by atomic mass is 16.2. The molecule has 2 heterocycles. The molecule has 3 amide bonds. The molecule has 0 N–H and O–H groups in total. The zero-order valence-corrected chi connectivity index (χ0v) is 18.9. The van der Waals surface area contributed by atoms with Crippen LogP contribution in [0.3, 0.4) is 0 Å². The van der Waals surface area contributed by atoms with E-state index in [1.54, 1.807) is 0 Å². The summed E-state index contributed by atoms with van der Waals surface area (Å²) in [5.41, 5.74) is 2.29. The summed E-state index contributed by atoms with van der Waals surface area (Å²) in [6.45, 7) is 0.918. The van der Waals surface area contributed by atoms with Gasteiger partial charge in [0.05, 0.1) is 11.1 Å². The molecule has 1 saturated carbocycles. The standard InChI is InChI=1S/C28H30N2O3/c31-24(29-18-9-15-20-10-7-8-16-23(20)29)17-19-30-27(32)25(21-11-3-1-4-12-21)26(28(30)33)22-13-5-2-6-14-22/h1-6,11-14,20,23H,7-10,15-19H2. The van der Waals surface area contributed by atoms with Crippen molar-refractivity contribution in [2.45, 2.75) is 51.0 Å². The lowest BCUT2D eigenvalue weighted by Crippen LogP contribution is -2.50. The molecule has 5 nitrogen and oxygen atoms in total. The molecule has 0 radical (unpaired) electrons. The van der Waals surface area contributed by atoms with Gasteiger partial charge in [0, 0.05) is 25.6 Å². The van der Waals surface area contributed by atoms with Crippen LogP contribution in [0.2, 0.25) is 0 Å². The number of carbonyl (C=O) groups excluding carboxylic acids is 3. The SMILES string of the molecule is O=C1C(c2ccccc2)=C(c2ccccc2)C(=O)N1CCC(=O)N1CCCC2CCCCC21. The summed E-state index contributed by atoms with van der Waals surface area (Å²) >= 11 is 0. The van der Waals surface area contributed by atoms with Crippen molar-refractivity contribution in [2.75, 3.05) is 13.1 Å². The van der Waals surface area contributed by atoms with E-state index < -0.39 is 0 Å². The van der Waals surface area contributed by atoms with Crippen molar-refractivity contribution < 1.29 is 14.4 Å². The molecular formula is C28H30N2O3. The minimum atomic E-state index is -0.313. The van der Waals surface area contributed by atoms with Crippen molar-refractivity contribution in [2.24, 2.45) is 5.92 Å². The topological polar surface area (TPSA) is 57.7 Å². The maximum Gasteiger partial charge on any atom is 0.262 e. The van der Waals surface area contributed by atoms with Gasteiger partial charge in [0.1, 0.15) is 0 Å². The van der Waals surface area contributed by atoms with Crippen molar-refractivity contribution in [1.82, 2.24) is 9.80 Å². The van der Waals surface area contributed by atoms with Gasteiger partial charge in [-0.3, -0.25) is 19.3 Å². The second kappa shape index (κ2) is 9.34. The first-order chi connectivity index (χ1) is 16.1. The van der Waals surface area contributed by atoms with E-state index in [1.165, 1.54) is 30.6 Å². The second-order valence-electron chi connectivity index (χ2n) is 9.34. The van der Waals surface area contributed by atoms with Gasteiger partial charge in [0.2, 0.25) is 5.91 Å². The van der Waals surface area contributed by atoms with Crippen LogP contribution >= 0.6 is 0 Å². The number of hydrogen-bond donors (Lipinski definition) is 0. The number of imide groups is 1. The van der Waals surface area contributed by atoms with Crippen LogP contribution in [0.5, 0.6) is 0 Å². The lowest BCUT2D eigenvalue weighted by Gasteiger charge is -2.44. The summed E-state index contributed by atoms with van der Waals surface area (Å²) in [5, 5.41) is 0. The largest absolute Gasteiger partial charge is 0.339 e. The van der Waals surface area contributed by atoms with E-state index in [2.05, 4.69) is 0 Å². The molecular weight excluding hydrogens is 412 g/mol. The predicted octanol–water partition coefficient (Wildman–Crippen LogP) is 4.54. The molecule has 33 heavy (non-hydrogen) atoms. The predicted molar refractivity (Wildman–Crippen MR) is 128 cm³/mol. The normalized spacial score (nSPS) is 23.2. The van der Waals surface area contributed by atoms with E-state index >= 15 is 0 Å². The Morgan fingerprint density at radius 3 is 1.91 bits per heavy atom. The summed E-state index contributed by atoms with van der Waals surface area (Å²) in [5.74, 6) is 0.0586. The van der Waals surface area contributed by atoms with Crippen LogP contribution < -0.4 is 0 Å². The van der Waals surface area contributed by atoms with Gasteiger partial charge in [0.15, 0.2) is 0 Å². The van der Waals surface area contributed by atoms with E-state index in [-0.39, 0.29) is 30.7 Å². The number of rotatable bonds is 5. The Kier molecular flexibility index (Phi) is 6.12. The van der Waals surface area contributed by atoms with Crippen LogP contribution in [0.1, 0.15) is 56.1 Å². The first-order valence-corrected chi connectivity index (χ1v) is 12.2. The summed E-state index contributed by atoms with van der Waals surface area (Å²) in [6, 6.07) is 19.0. The fourth-order valence-corrected chi connectivity index (χ4v) is 5.81. The van der Waals surface area contributed by atoms with Crippen LogP contribution in [0.4, 0.5) is 0 Å². The number of piperidine rings is 1. The number of nitrogens with zero attached hydrogens (tertiary/aromatic N) is 2. The smallest absolute Gasteiger partial charge is 0.262 e. The van der Waals surface area contributed by atoms with Crippen LogP contribution in [0.25, 0.3) is 11.1 Å². The molecule has 0 bridgehead atoms. The van der Waals surface area contributed by atoms with Crippen LogP contribution in [0, 0.1) is 5.92 Å². The Hall–Kier alpha value is -3.21. The van der Waals surface area contributed by atoms with Crippen molar-refractivity contribution >= 4 is 28.9 Å².